The van der Waals surface area contributed by atoms with Gasteiger partial charge in [0.25, 0.3) is 0 Å². The van der Waals surface area contributed by atoms with Crippen LogP contribution in [-0.4, -0.2) is 14.8 Å². The second-order valence-corrected chi connectivity index (χ2v) is 5.19. The first-order valence-corrected chi connectivity index (χ1v) is 6.87. The number of para-hydroxylation sites is 1. The Balaban J connectivity index is 1.88. The monoisotopic (exact) mass is 362 g/mol. The fourth-order valence-electron chi connectivity index (χ4n) is 1.78. The predicted molar refractivity (Wildman–Crippen MR) is 83.8 cm³/mol. The van der Waals surface area contributed by atoms with Crippen LogP contribution in [0.2, 0.25) is 0 Å². The topological polar surface area (TPSA) is 42.7 Å². The zero-order chi connectivity index (χ0) is 13.1. The molecule has 3 aromatic rings. The van der Waals surface area contributed by atoms with Crippen molar-refractivity contribution in [2.24, 2.45) is 0 Å². The van der Waals surface area contributed by atoms with Gasteiger partial charge in [-0.15, -0.1) is 10.2 Å². The number of aromatic nitrogens is 3. The van der Waals surface area contributed by atoms with E-state index in [4.69, 9.17) is 0 Å². The summed E-state index contributed by atoms with van der Waals surface area (Å²) in [6, 6.07) is 16.3. The number of halogens is 1. The Morgan fingerprint density at radius 3 is 2.37 bits per heavy atom. The van der Waals surface area contributed by atoms with Crippen LogP contribution < -0.4 is 5.32 Å². The second kappa shape index (κ2) is 5.40. The van der Waals surface area contributed by atoms with Crippen LogP contribution in [-0.2, 0) is 0 Å². The molecule has 1 N–H and O–H groups in total. The van der Waals surface area contributed by atoms with Gasteiger partial charge >= 0.3 is 0 Å². The third-order valence-corrected chi connectivity index (χ3v) is 3.61. The lowest BCUT2D eigenvalue weighted by Gasteiger charge is -2.10. The Morgan fingerprint density at radius 1 is 0.947 bits per heavy atom. The van der Waals surface area contributed by atoms with E-state index in [0.29, 0.717) is 0 Å². The molecule has 0 spiro atoms. The third kappa shape index (κ3) is 2.76. The molecule has 19 heavy (non-hydrogen) atoms. The van der Waals surface area contributed by atoms with Gasteiger partial charge in [0.2, 0.25) is 0 Å². The molecule has 94 valence electrons. The van der Waals surface area contributed by atoms with Crippen LogP contribution in [0, 0.1) is 3.57 Å². The van der Waals surface area contributed by atoms with E-state index in [1.807, 2.05) is 41.0 Å². The van der Waals surface area contributed by atoms with Gasteiger partial charge in [0.05, 0.1) is 5.69 Å². The molecule has 0 saturated carbocycles. The molecule has 0 atom stereocenters. The minimum Gasteiger partial charge on any atom is -0.355 e. The van der Waals surface area contributed by atoms with Gasteiger partial charge in [-0.25, -0.2) is 0 Å². The van der Waals surface area contributed by atoms with Gasteiger partial charge in [0, 0.05) is 14.9 Å². The highest BCUT2D eigenvalue weighted by Gasteiger charge is 2.03. The zero-order valence-electron chi connectivity index (χ0n) is 9.99. The van der Waals surface area contributed by atoms with E-state index < -0.39 is 0 Å². The molecule has 2 aromatic carbocycles. The summed E-state index contributed by atoms with van der Waals surface area (Å²) in [6.45, 7) is 0. The highest BCUT2D eigenvalue weighted by Crippen LogP contribution is 2.24. The first-order valence-electron chi connectivity index (χ1n) is 5.79. The highest BCUT2D eigenvalue weighted by atomic mass is 127. The van der Waals surface area contributed by atoms with Crippen molar-refractivity contribution < 1.29 is 0 Å². The fraction of sp³-hybridized carbons (Fsp3) is 0. The molecular formula is C14H11IN4. The van der Waals surface area contributed by atoms with Crippen molar-refractivity contribution in [3.8, 4) is 5.69 Å². The second-order valence-electron chi connectivity index (χ2n) is 4.02. The van der Waals surface area contributed by atoms with Gasteiger partial charge in [-0.2, -0.15) is 0 Å². The maximum absolute atomic E-state index is 3.81. The molecule has 0 fully saturated rings. The first kappa shape index (κ1) is 12.2. The molecule has 0 unspecified atom stereocenters. The zero-order valence-corrected chi connectivity index (χ0v) is 12.2. The molecule has 0 bridgehead atoms. The highest BCUT2D eigenvalue weighted by molar-refractivity contribution is 14.1. The maximum atomic E-state index is 3.81. The van der Waals surface area contributed by atoms with Crippen LogP contribution in [0.3, 0.4) is 0 Å². The molecule has 0 amide bonds. The summed E-state index contributed by atoms with van der Waals surface area (Å²) in [5.74, 6) is 0. The quantitative estimate of drug-likeness (QED) is 0.724. The molecule has 4 nitrogen and oxygen atoms in total. The van der Waals surface area contributed by atoms with Crippen LogP contribution in [0.5, 0.6) is 0 Å². The molecule has 0 radical (unpaired) electrons. The van der Waals surface area contributed by atoms with Gasteiger partial charge in [0.1, 0.15) is 12.7 Å². The molecule has 1 aromatic heterocycles. The molecule has 5 heteroatoms. The van der Waals surface area contributed by atoms with Gasteiger partial charge in [-0.05, 0) is 52.9 Å². The first-order chi connectivity index (χ1) is 9.33. The Labute approximate surface area is 124 Å². The molecule has 1 heterocycles. The van der Waals surface area contributed by atoms with E-state index in [0.717, 1.165) is 20.6 Å². The average Bonchev–Trinajstić information content (AvgIpc) is 2.96. The average molecular weight is 362 g/mol. The van der Waals surface area contributed by atoms with Crippen LogP contribution in [0.1, 0.15) is 0 Å². The third-order valence-electron chi connectivity index (χ3n) is 2.72. The summed E-state index contributed by atoms with van der Waals surface area (Å²) in [4.78, 5) is 0. The maximum Gasteiger partial charge on any atom is 0.123 e. The van der Waals surface area contributed by atoms with Crippen molar-refractivity contribution in [3.63, 3.8) is 0 Å². The summed E-state index contributed by atoms with van der Waals surface area (Å²) in [7, 11) is 0. The van der Waals surface area contributed by atoms with Crippen molar-refractivity contribution in [1.82, 2.24) is 14.8 Å². The Hall–Kier alpha value is -1.89. The number of hydrogen-bond donors (Lipinski definition) is 1. The van der Waals surface area contributed by atoms with Crippen LogP contribution >= 0.6 is 22.6 Å². The molecule has 3 rings (SSSR count). The number of benzene rings is 2. The minimum absolute atomic E-state index is 1.05. The molecule has 0 aliphatic rings. The molecule has 0 saturated heterocycles. The van der Waals surface area contributed by atoms with Crippen LogP contribution in [0.4, 0.5) is 11.4 Å². The van der Waals surface area contributed by atoms with E-state index >= 15 is 0 Å². The van der Waals surface area contributed by atoms with E-state index in [9.17, 15) is 0 Å². The summed E-state index contributed by atoms with van der Waals surface area (Å²) >= 11 is 2.32. The minimum atomic E-state index is 1.05. The fourth-order valence-corrected chi connectivity index (χ4v) is 2.41. The lowest BCUT2D eigenvalue weighted by Crippen LogP contribution is -1.96. The van der Waals surface area contributed by atoms with E-state index in [1.54, 1.807) is 12.7 Å². The van der Waals surface area contributed by atoms with E-state index in [2.05, 4.69) is 50.2 Å². The van der Waals surface area contributed by atoms with Crippen LogP contribution in [0.25, 0.3) is 5.69 Å². The summed E-state index contributed by atoms with van der Waals surface area (Å²) in [6.07, 6.45) is 3.38. The van der Waals surface area contributed by atoms with Crippen molar-refractivity contribution >= 4 is 34.0 Å². The lowest BCUT2D eigenvalue weighted by atomic mass is 10.2. The standard InChI is InChI=1S/C14H11IN4/c15-13-8-12(19-9-16-17-10-19)6-7-14(13)18-11-4-2-1-3-5-11/h1-10,18H. The number of rotatable bonds is 3. The van der Waals surface area contributed by atoms with Gasteiger partial charge in [-0.3, -0.25) is 4.57 Å². The van der Waals surface area contributed by atoms with E-state index in [1.165, 1.54) is 0 Å². The lowest BCUT2D eigenvalue weighted by molar-refractivity contribution is 1.05. The number of anilines is 2. The van der Waals surface area contributed by atoms with Gasteiger partial charge < -0.3 is 5.32 Å². The number of nitrogens with zero attached hydrogens (tertiary/aromatic N) is 3. The Bertz CT molecular complexity index is 665. The summed E-state index contributed by atoms with van der Waals surface area (Å²) in [5, 5.41) is 11.0. The van der Waals surface area contributed by atoms with Crippen molar-refractivity contribution in [2.45, 2.75) is 0 Å². The van der Waals surface area contributed by atoms with Gasteiger partial charge in [-0.1, -0.05) is 18.2 Å². The molecule has 0 aliphatic carbocycles. The summed E-state index contributed by atoms with van der Waals surface area (Å²) < 4.78 is 3.03. The molecular weight excluding hydrogens is 351 g/mol. The Kier molecular flexibility index (Phi) is 3.45. The normalized spacial score (nSPS) is 10.4. The summed E-state index contributed by atoms with van der Waals surface area (Å²) in [5.41, 5.74) is 3.22. The van der Waals surface area contributed by atoms with Gasteiger partial charge in [0.15, 0.2) is 0 Å². The number of nitrogens with one attached hydrogen (secondary N) is 1. The van der Waals surface area contributed by atoms with Crippen LogP contribution in [0.15, 0.2) is 61.2 Å². The SMILES string of the molecule is Ic1cc(-n2cnnc2)ccc1Nc1ccccc1. The smallest absolute Gasteiger partial charge is 0.123 e. The number of hydrogen-bond acceptors (Lipinski definition) is 3. The Morgan fingerprint density at radius 2 is 1.68 bits per heavy atom. The van der Waals surface area contributed by atoms with Crippen molar-refractivity contribution in [3.05, 3.63) is 64.8 Å². The van der Waals surface area contributed by atoms with E-state index in [-0.39, 0.29) is 0 Å². The largest absolute Gasteiger partial charge is 0.355 e. The predicted octanol–water partition coefficient (Wildman–Crippen LogP) is 3.62. The molecule has 0 aliphatic heterocycles. The van der Waals surface area contributed by atoms with Crippen molar-refractivity contribution in [1.29, 1.82) is 0 Å². The van der Waals surface area contributed by atoms with Crippen molar-refractivity contribution in [2.75, 3.05) is 5.32 Å².